The van der Waals surface area contributed by atoms with Crippen molar-refractivity contribution in [1.29, 1.82) is 0 Å². The van der Waals surface area contributed by atoms with Crippen LogP contribution in [0.4, 0.5) is 0 Å². The van der Waals surface area contributed by atoms with E-state index in [1.165, 1.54) is 103 Å². The third-order valence-electron chi connectivity index (χ3n) is 16.2. The molecule has 1 N–H and O–H groups in total. The highest BCUT2D eigenvalue weighted by Crippen LogP contribution is 2.66. The molecule has 5 atom stereocenters. The first kappa shape index (κ1) is 58.9. The zero-order valence-corrected chi connectivity index (χ0v) is 43.7. The fourth-order valence-corrected chi connectivity index (χ4v) is 11.1. The third kappa shape index (κ3) is 24.7. The number of aliphatic hydroxyl groups excluding tert-OH is 1. The van der Waals surface area contributed by atoms with E-state index in [0.29, 0.717) is 30.1 Å². The van der Waals surface area contributed by atoms with Gasteiger partial charge in [0.1, 0.15) is 0 Å². The Balaban J connectivity index is 1.63. The van der Waals surface area contributed by atoms with Crippen LogP contribution in [0.5, 0.6) is 0 Å². The summed E-state index contributed by atoms with van der Waals surface area (Å²) >= 11 is 0. The summed E-state index contributed by atoms with van der Waals surface area (Å²) < 4.78 is 18.3. The largest absolute Gasteiger partial charge is 0.465 e. The molecule has 7 nitrogen and oxygen atoms in total. The molecule has 0 aromatic rings. The highest BCUT2D eigenvalue weighted by atomic mass is 16.5. The molecule has 5 unspecified atom stereocenters. The maximum atomic E-state index is 13.3. The summed E-state index contributed by atoms with van der Waals surface area (Å²) in [6, 6.07) is 0. The normalized spacial score (nSPS) is 20.0. The highest BCUT2D eigenvalue weighted by molar-refractivity contribution is 5.72. The second kappa shape index (κ2) is 37.8. The fourth-order valence-electron chi connectivity index (χ4n) is 11.1. The van der Waals surface area contributed by atoms with Gasteiger partial charge in [-0.25, -0.2) is 0 Å². The van der Waals surface area contributed by atoms with Gasteiger partial charge in [0.2, 0.25) is 0 Å². The number of fused-ring (bicyclic) bond motifs is 2. The molecule has 7 heteroatoms. The molecule has 2 bridgehead atoms. The standard InChI is InChI=1S/C57H109NO6/c1-7-10-13-16-18-26-37-50(36-25-15-12-9-3)54(60)63-47-33-22-20-29-42-58(44-31-32-45-59)43-30-21-23-34-48-64-55(61)51(38-27-19-17-14-11-8-2)39-28-24-35-46-62-53-49-52-40-41-57(53,6)56(52,4)5/h50-53,59H,7-49H2,1-6H3. The van der Waals surface area contributed by atoms with Crippen LogP contribution in [0.25, 0.3) is 0 Å². The van der Waals surface area contributed by atoms with E-state index in [4.69, 9.17) is 14.2 Å². The minimum Gasteiger partial charge on any atom is -0.465 e. The summed E-state index contributed by atoms with van der Waals surface area (Å²) in [5, 5.41) is 9.40. The fraction of sp³-hybridized carbons (Fsp3) is 0.965. The molecule has 64 heavy (non-hydrogen) atoms. The molecular formula is C57H109NO6. The Morgan fingerprint density at radius 2 is 0.891 bits per heavy atom. The van der Waals surface area contributed by atoms with Crippen LogP contribution in [-0.2, 0) is 23.8 Å². The van der Waals surface area contributed by atoms with Gasteiger partial charge in [-0.3, -0.25) is 9.59 Å². The highest BCUT2D eigenvalue weighted by Gasteiger charge is 2.61. The first-order valence-corrected chi connectivity index (χ1v) is 28.4. The number of carbonyl (C=O) groups excluding carboxylic acids is 2. The van der Waals surface area contributed by atoms with Gasteiger partial charge < -0.3 is 24.2 Å². The summed E-state index contributed by atoms with van der Waals surface area (Å²) in [7, 11) is 0. The van der Waals surface area contributed by atoms with Gasteiger partial charge in [-0.15, -0.1) is 0 Å². The smallest absolute Gasteiger partial charge is 0.308 e. The lowest BCUT2D eigenvalue weighted by molar-refractivity contribution is -0.150. The number of unbranched alkanes of at least 4 members (excludes halogenated alkanes) is 22. The second-order valence-corrected chi connectivity index (χ2v) is 21.6. The second-order valence-electron chi connectivity index (χ2n) is 21.6. The zero-order valence-electron chi connectivity index (χ0n) is 43.7. The lowest BCUT2D eigenvalue weighted by Crippen LogP contribution is -2.37. The van der Waals surface area contributed by atoms with E-state index in [1.54, 1.807) is 0 Å². The number of hydrogen-bond donors (Lipinski definition) is 1. The van der Waals surface area contributed by atoms with Crippen LogP contribution in [0.2, 0.25) is 0 Å². The predicted octanol–water partition coefficient (Wildman–Crippen LogP) is 15.8. The molecule has 2 aliphatic rings. The van der Waals surface area contributed by atoms with Crippen LogP contribution in [0.15, 0.2) is 0 Å². The summed E-state index contributed by atoms with van der Waals surface area (Å²) in [5.74, 6) is 1.04. The Morgan fingerprint density at radius 3 is 1.31 bits per heavy atom. The van der Waals surface area contributed by atoms with E-state index < -0.39 is 0 Å². The number of ether oxygens (including phenoxy) is 3. The first-order valence-electron chi connectivity index (χ1n) is 28.4. The monoisotopic (exact) mass is 904 g/mol. The van der Waals surface area contributed by atoms with Gasteiger partial charge in [0.25, 0.3) is 0 Å². The topological polar surface area (TPSA) is 85.3 Å². The van der Waals surface area contributed by atoms with E-state index in [-0.39, 0.29) is 30.4 Å². The van der Waals surface area contributed by atoms with Crippen molar-refractivity contribution < 1.29 is 28.9 Å². The van der Waals surface area contributed by atoms with Crippen molar-refractivity contribution in [3.05, 3.63) is 0 Å². The molecule has 0 amide bonds. The number of rotatable bonds is 46. The van der Waals surface area contributed by atoms with E-state index >= 15 is 0 Å². The van der Waals surface area contributed by atoms with Gasteiger partial charge in [-0.05, 0) is 126 Å². The number of esters is 2. The molecule has 2 fully saturated rings. The van der Waals surface area contributed by atoms with Gasteiger partial charge in [-0.2, -0.15) is 0 Å². The average Bonchev–Trinajstić information content (AvgIpc) is 3.62. The van der Waals surface area contributed by atoms with Crippen molar-refractivity contribution >= 4 is 11.9 Å². The van der Waals surface area contributed by atoms with Crippen molar-refractivity contribution in [2.45, 2.75) is 279 Å². The Labute approximate surface area is 397 Å². The molecule has 2 rings (SSSR count). The Hall–Kier alpha value is -1.18. The summed E-state index contributed by atoms with van der Waals surface area (Å²) in [5.41, 5.74) is 0.729. The van der Waals surface area contributed by atoms with Crippen LogP contribution >= 0.6 is 0 Å². The van der Waals surface area contributed by atoms with Crippen molar-refractivity contribution in [2.75, 3.05) is 46.1 Å². The minimum atomic E-state index is 0.0389. The number of aliphatic hydroxyl groups is 1. The summed E-state index contributed by atoms with van der Waals surface area (Å²) in [6.45, 7) is 19.6. The molecule has 2 saturated carbocycles. The average molecular weight is 904 g/mol. The summed E-state index contributed by atoms with van der Waals surface area (Å²) in [6.07, 6.45) is 42.1. The predicted molar refractivity (Wildman–Crippen MR) is 271 cm³/mol. The molecule has 2 aliphatic carbocycles. The Bertz CT molecular complexity index is 1110. The Kier molecular flexibility index (Phi) is 34.8. The SMILES string of the molecule is CCCCCCCCC(CCCCCC)C(=O)OCCCCCCN(CCCCO)CCCCCCOC(=O)C(CCCCCCCC)CCCCCOC1CC2CCC1(C)C2(C)C. The number of nitrogens with zero attached hydrogens (tertiary/aromatic N) is 1. The van der Waals surface area contributed by atoms with Gasteiger partial charge >= 0.3 is 11.9 Å². The van der Waals surface area contributed by atoms with E-state index in [0.717, 1.165) is 161 Å². The molecular weight excluding hydrogens is 795 g/mol. The maximum absolute atomic E-state index is 13.3. The molecule has 0 saturated heterocycles. The molecule has 0 heterocycles. The molecule has 0 spiro atoms. The van der Waals surface area contributed by atoms with Crippen LogP contribution in [-0.4, -0.2) is 74.1 Å². The van der Waals surface area contributed by atoms with Gasteiger partial charge in [-0.1, -0.05) is 183 Å². The molecule has 0 radical (unpaired) electrons. The zero-order chi connectivity index (χ0) is 46.6. The number of carbonyl (C=O) groups is 2. The van der Waals surface area contributed by atoms with Crippen molar-refractivity contribution in [1.82, 2.24) is 4.90 Å². The van der Waals surface area contributed by atoms with Gasteiger partial charge in [0.05, 0.1) is 31.2 Å². The number of hydrogen-bond acceptors (Lipinski definition) is 7. The van der Waals surface area contributed by atoms with Crippen LogP contribution < -0.4 is 0 Å². The molecule has 0 aromatic carbocycles. The first-order chi connectivity index (χ1) is 31.1. The molecule has 0 aliphatic heterocycles. The van der Waals surface area contributed by atoms with Gasteiger partial charge in [0, 0.05) is 13.2 Å². The van der Waals surface area contributed by atoms with E-state index in [2.05, 4.69) is 46.4 Å². The minimum absolute atomic E-state index is 0.0389. The van der Waals surface area contributed by atoms with Crippen molar-refractivity contribution in [3.8, 4) is 0 Å². The van der Waals surface area contributed by atoms with Gasteiger partial charge in [0.15, 0.2) is 0 Å². The molecule has 378 valence electrons. The Morgan fingerprint density at radius 1 is 0.516 bits per heavy atom. The lowest BCUT2D eigenvalue weighted by atomic mass is 9.70. The lowest BCUT2D eigenvalue weighted by Gasteiger charge is -2.39. The van der Waals surface area contributed by atoms with E-state index in [1.807, 2.05) is 0 Å². The van der Waals surface area contributed by atoms with Crippen LogP contribution in [0.3, 0.4) is 0 Å². The van der Waals surface area contributed by atoms with E-state index in [9.17, 15) is 14.7 Å². The van der Waals surface area contributed by atoms with Crippen LogP contribution in [0.1, 0.15) is 273 Å². The maximum Gasteiger partial charge on any atom is 0.308 e. The third-order valence-corrected chi connectivity index (χ3v) is 16.2. The molecule has 0 aromatic heterocycles. The van der Waals surface area contributed by atoms with Crippen LogP contribution in [0, 0.1) is 28.6 Å². The summed E-state index contributed by atoms with van der Waals surface area (Å²) in [4.78, 5) is 29.0. The van der Waals surface area contributed by atoms with Crippen molar-refractivity contribution in [2.24, 2.45) is 28.6 Å². The quantitative estimate of drug-likeness (QED) is 0.0481. The van der Waals surface area contributed by atoms with Crippen molar-refractivity contribution in [3.63, 3.8) is 0 Å².